The molecular formula is C18H30O12. The highest BCUT2D eigenvalue weighted by Gasteiger charge is 2.49. The minimum absolute atomic E-state index is 0.0652. The van der Waals surface area contributed by atoms with E-state index in [1.54, 1.807) is 0 Å². The fourth-order valence-corrected chi connectivity index (χ4v) is 3.14. The van der Waals surface area contributed by atoms with Crippen LogP contribution < -0.4 is 0 Å². The molecule has 0 spiro atoms. The molecule has 2 fully saturated rings. The maximum absolute atomic E-state index is 11.8. The van der Waals surface area contributed by atoms with E-state index in [2.05, 4.69) is 6.58 Å². The summed E-state index contributed by atoms with van der Waals surface area (Å²) < 4.78 is 31.4. The smallest absolute Gasteiger partial charge is 0.333 e. The summed E-state index contributed by atoms with van der Waals surface area (Å²) in [7, 11) is 2.63. The molecule has 2 aliphatic rings. The molecule has 2 heterocycles. The molecule has 10 atom stereocenters. The monoisotopic (exact) mass is 438 g/mol. The fourth-order valence-electron chi connectivity index (χ4n) is 3.14. The summed E-state index contributed by atoms with van der Waals surface area (Å²) in [4.78, 5) is 11.8. The van der Waals surface area contributed by atoms with Crippen LogP contribution in [0.15, 0.2) is 12.2 Å². The van der Waals surface area contributed by atoms with Gasteiger partial charge in [0.1, 0.15) is 42.7 Å². The summed E-state index contributed by atoms with van der Waals surface area (Å²) in [5.74, 6) is -0.819. The number of hydrogen-bond acceptors (Lipinski definition) is 12. The third-order valence-electron chi connectivity index (χ3n) is 4.89. The second kappa shape index (κ2) is 10.9. The first-order valence-electron chi connectivity index (χ1n) is 9.33. The Kier molecular flexibility index (Phi) is 9.12. The lowest BCUT2D eigenvalue weighted by Gasteiger charge is -2.43. The molecule has 4 unspecified atom stereocenters. The van der Waals surface area contributed by atoms with Gasteiger partial charge in [-0.1, -0.05) is 6.58 Å². The number of esters is 1. The van der Waals surface area contributed by atoms with Gasteiger partial charge >= 0.3 is 5.97 Å². The van der Waals surface area contributed by atoms with Gasteiger partial charge in [0.2, 0.25) is 0 Å². The van der Waals surface area contributed by atoms with Gasteiger partial charge in [-0.3, -0.25) is 0 Å². The van der Waals surface area contributed by atoms with Crippen molar-refractivity contribution in [2.24, 2.45) is 0 Å². The molecule has 2 aliphatic heterocycles. The van der Waals surface area contributed by atoms with Crippen molar-refractivity contribution < 1.29 is 58.7 Å². The van der Waals surface area contributed by atoms with Crippen LogP contribution in [0.1, 0.15) is 6.92 Å². The number of aliphatic hydroxyl groups excluding tert-OH is 5. The largest absolute Gasteiger partial charge is 0.453 e. The van der Waals surface area contributed by atoms with Crippen molar-refractivity contribution >= 4 is 5.97 Å². The van der Waals surface area contributed by atoms with Gasteiger partial charge in [-0.2, -0.15) is 0 Å². The van der Waals surface area contributed by atoms with E-state index >= 15 is 0 Å². The molecule has 0 radical (unpaired) electrons. The topological polar surface area (TPSA) is 174 Å². The third kappa shape index (κ3) is 5.53. The Labute approximate surface area is 173 Å². The van der Waals surface area contributed by atoms with Crippen molar-refractivity contribution in [2.45, 2.75) is 68.3 Å². The maximum atomic E-state index is 11.8. The number of carbonyl (C=O) groups excluding carboxylic acids is 1. The van der Waals surface area contributed by atoms with Gasteiger partial charge in [0, 0.05) is 19.8 Å². The van der Waals surface area contributed by atoms with Crippen molar-refractivity contribution in [3.63, 3.8) is 0 Å². The molecule has 0 aliphatic carbocycles. The van der Waals surface area contributed by atoms with Crippen LogP contribution in [-0.4, -0.2) is 120 Å². The summed E-state index contributed by atoms with van der Waals surface area (Å²) in [6.07, 6.45) is -13.7. The summed E-state index contributed by atoms with van der Waals surface area (Å²) in [5.41, 5.74) is 0.0677. The van der Waals surface area contributed by atoms with E-state index < -0.39 is 67.4 Å². The average molecular weight is 438 g/mol. The molecule has 2 rings (SSSR count). The first-order valence-corrected chi connectivity index (χ1v) is 9.33. The standard InChI is InChI=1S/C18H30O12/c1-7(2)16(24)30-15-11(20)9(28-17(26-4)14(15)23)6-27-18-13(22)12(21)10(19)8(29-18)5-25-3/h8-15,17-23H,1,5-6H2,2-4H3/t8?,9?,10-,11-,12+,13?,14?,15+,17+,18+/m1/s1. The zero-order valence-electron chi connectivity index (χ0n) is 17.0. The number of methoxy groups -OCH3 is 2. The Hall–Kier alpha value is -1.19. The summed E-state index contributed by atoms with van der Waals surface area (Å²) in [5, 5.41) is 50.8. The molecule has 12 nitrogen and oxygen atoms in total. The maximum Gasteiger partial charge on any atom is 0.333 e. The zero-order chi connectivity index (χ0) is 22.6. The molecule has 0 aromatic rings. The predicted octanol–water partition coefficient (Wildman–Crippen LogP) is -2.96. The van der Waals surface area contributed by atoms with Crippen molar-refractivity contribution in [3.05, 3.63) is 12.2 Å². The number of aliphatic hydroxyl groups is 5. The van der Waals surface area contributed by atoms with E-state index in [9.17, 15) is 30.3 Å². The Balaban J connectivity index is 2.06. The SMILES string of the molecule is C=C(C)C(=O)O[C@@H]1C(O)[C@@H](OC)OC(CO[C@H]2OC(COC)[C@@H](O)[C@H](O)C2O)[C@H]1O. The van der Waals surface area contributed by atoms with E-state index in [1.807, 2.05) is 0 Å². The molecule has 0 amide bonds. The van der Waals surface area contributed by atoms with Gasteiger partial charge in [0.15, 0.2) is 18.7 Å². The lowest BCUT2D eigenvalue weighted by atomic mass is 9.98. The van der Waals surface area contributed by atoms with Crippen LogP contribution in [0.25, 0.3) is 0 Å². The summed E-state index contributed by atoms with van der Waals surface area (Å²) in [6, 6.07) is 0. The molecule has 30 heavy (non-hydrogen) atoms. The van der Waals surface area contributed by atoms with E-state index in [0.29, 0.717) is 0 Å². The first kappa shape index (κ1) is 25.1. The van der Waals surface area contributed by atoms with E-state index in [0.717, 1.165) is 0 Å². The van der Waals surface area contributed by atoms with E-state index in [-0.39, 0.29) is 18.8 Å². The molecule has 0 aromatic heterocycles. The van der Waals surface area contributed by atoms with Crippen molar-refractivity contribution in [1.82, 2.24) is 0 Å². The minimum atomic E-state index is -1.59. The number of carbonyl (C=O) groups is 1. The number of hydrogen-bond donors (Lipinski definition) is 5. The van der Waals surface area contributed by atoms with Crippen LogP contribution in [0.5, 0.6) is 0 Å². The Bertz CT molecular complexity index is 586. The number of rotatable bonds is 8. The van der Waals surface area contributed by atoms with Crippen LogP contribution in [-0.2, 0) is 33.2 Å². The Morgan fingerprint density at radius 1 is 0.867 bits per heavy atom. The molecule has 2 saturated heterocycles. The molecule has 0 bridgehead atoms. The predicted molar refractivity (Wildman–Crippen MR) is 96.9 cm³/mol. The normalized spacial score (nSPS) is 42.0. The first-order chi connectivity index (χ1) is 14.1. The highest BCUT2D eigenvalue weighted by atomic mass is 16.7. The van der Waals surface area contributed by atoms with E-state index in [4.69, 9.17) is 28.4 Å². The third-order valence-corrected chi connectivity index (χ3v) is 4.89. The minimum Gasteiger partial charge on any atom is -0.453 e. The van der Waals surface area contributed by atoms with Crippen LogP contribution in [0.4, 0.5) is 0 Å². The average Bonchev–Trinajstić information content (AvgIpc) is 2.71. The van der Waals surface area contributed by atoms with Gasteiger partial charge in [0.25, 0.3) is 0 Å². The lowest BCUT2D eigenvalue weighted by Crippen LogP contribution is -2.62. The highest BCUT2D eigenvalue weighted by molar-refractivity contribution is 5.87. The van der Waals surface area contributed by atoms with Crippen molar-refractivity contribution in [2.75, 3.05) is 27.4 Å². The van der Waals surface area contributed by atoms with Crippen molar-refractivity contribution in [1.29, 1.82) is 0 Å². The van der Waals surface area contributed by atoms with Gasteiger partial charge < -0.3 is 54.0 Å². The Morgan fingerprint density at radius 2 is 1.47 bits per heavy atom. The van der Waals surface area contributed by atoms with Crippen LogP contribution >= 0.6 is 0 Å². The summed E-state index contributed by atoms with van der Waals surface area (Å²) in [6.45, 7) is 4.40. The fraction of sp³-hybridized carbons (Fsp3) is 0.833. The second-order valence-corrected chi connectivity index (χ2v) is 7.21. The molecular weight excluding hydrogens is 408 g/mol. The molecule has 174 valence electrons. The Morgan fingerprint density at radius 3 is 2.03 bits per heavy atom. The van der Waals surface area contributed by atoms with E-state index in [1.165, 1.54) is 21.1 Å². The van der Waals surface area contributed by atoms with Crippen LogP contribution in [0, 0.1) is 0 Å². The quantitative estimate of drug-likeness (QED) is 0.193. The zero-order valence-corrected chi connectivity index (χ0v) is 17.0. The molecule has 5 N–H and O–H groups in total. The lowest BCUT2D eigenvalue weighted by molar-refractivity contribution is -0.329. The summed E-state index contributed by atoms with van der Waals surface area (Å²) >= 11 is 0. The number of ether oxygens (including phenoxy) is 6. The van der Waals surface area contributed by atoms with Crippen LogP contribution in [0.2, 0.25) is 0 Å². The van der Waals surface area contributed by atoms with Crippen LogP contribution in [0.3, 0.4) is 0 Å². The molecule has 12 heteroatoms. The van der Waals surface area contributed by atoms with Gasteiger partial charge in [-0.05, 0) is 6.92 Å². The second-order valence-electron chi connectivity index (χ2n) is 7.21. The van der Waals surface area contributed by atoms with Gasteiger partial charge in [-0.25, -0.2) is 4.79 Å². The molecule has 0 saturated carbocycles. The van der Waals surface area contributed by atoms with Gasteiger partial charge in [-0.15, -0.1) is 0 Å². The van der Waals surface area contributed by atoms with Crippen molar-refractivity contribution in [3.8, 4) is 0 Å². The molecule has 0 aromatic carbocycles. The van der Waals surface area contributed by atoms with Gasteiger partial charge in [0.05, 0.1) is 13.2 Å². The highest BCUT2D eigenvalue weighted by Crippen LogP contribution is 2.27.